The van der Waals surface area contributed by atoms with Crippen LogP contribution in [-0.2, 0) is 5.75 Å². The highest BCUT2D eigenvalue weighted by atomic mass is 32.2. The third-order valence-corrected chi connectivity index (χ3v) is 6.41. The lowest BCUT2D eigenvalue weighted by Crippen LogP contribution is -2.42. The number of nitrogens with zero attached hydrogens (tertiary/aromatic N) is 2. The van der Waals surface area contributed by atoms with Crippen molar-refractivity contribution in [3.63, 3.8) is 0 Å². The van der Waals surface area contributed by atoms with Crippen LogP contribution in [0.2, 0.25) is 0 Å². The Hall–Kier alpha value is -2.33. The number of benzene rings is 2. The number of thioether (sulfide) groups is 1. The van der Waals surface area contributed by atoms with Crippen molar-refractivity contribution in [2.45, 2.75) is 30.9 Å². The lowest BCUT2D eigenvalue weighted by molar-refractivity contribution is 0.0617. The first-order valence-electron chi connectivity index (χ1n) is 9.96. The largest absolute Gasteiger partial charge is 0.337 e. The van der Waals surface area contributed by atoms with Crippen LogP contribution in [0.4, 0.5) is 0 Å². The van der Waals surface area contributed by atoms with E-state index in [2.05, 4.69) is 61.3 Å². The number of fused-ring (bicyclic) bond motifs is 1. The number of carbonyl (C=O) groups excluding carboxylic acids is 1. The van der Waals surface area contributed by atoms with Crippen LogP contribution < -0.4 is 0 Å². The minimum absolute atomic E-state index is 0.0652. The number of aromatic nitrogens is 1. The zero-order valence-electron chi connectivity index (χ0n) is 16.5. The van der Waals surface area contributed by atoms with Gasteiger partial charge in [0.1, 0.15) is 5.69 Å². The standard InChI is InChI=1S/C24H26N2OS/c1-17-13-18(2)15-26(14-17)24(27)22-11-6-9-20(25-22)16-28-23-12-5-8-19-7-3-4-10-21(19)23/h3-12,17-18H,13-16H2,1-2H3. The van der Waals surface area contributed by atoms with Crippen LogP contribution in [0.25, 0.3) is 10.8 Å². The number of piperidine rings is 1. The van der Waals surface area contributed by atoms with Crippen molar-refractivity contribution in [3.8, 4) is 0 Å². The fraction of sp³-hybridized carbons (Fsp3) is 0.333. The Morgan fingerprint density at radius 3 is 2.54 bits per heavy atom. The maximum absolute atomic E-state index is 12.9. The molecule has 1 aliphatic heterocycles. The van der Waals surface area contributed by atoms with Gasteiger partial charge >= 0.3 is 0 Å². The number of hydrogen-bond acceptors (Lipinski definition) is 3. The quantitative estimate of drug-likeness (QED) is 0.540. The van der Waals surface area contributed by atoms with Gasteiger partial charge < -0.3 is 4.90 Å². The molecule has 0 saturated carbocycles. The van der Waals surface area contributed by atoms with Crippen LogP contribution >= 0.6 is 11.8 Å². The van der Waals surface area contributed by atoms with E-state index in [1.165, 1.54) is 22.1 Å². The summed E-state index contributed by atoms with van der Waals surface area (Å²) >= 11 is 1.77. The predicted octanol–water partition coefficient (Wildman–Crippen LogP) is 5.65. The first kappa shape index (κ1) is 19.0. The van der Waals surface area contributed by atoms with Crippen molar-refractivity contribution in [2.24, 2.45) is 11.8 Å². The van der Waals surface area contributed by atoms with Gasteiger partial charge in [-0.25, -0.2) is 4.98 Å². The Bertz CT molecular complexity index is 972. The van der Waals surface area contributed by atoms with E-state index in [1.54, 1.807) is 11.8 Å². The third-order valence-electron chi connectivity index (χ3n) is 5.31. The van der Waals surface area contributed by atoms with E-state index in [0.29, 0.717) is 17.5 Å². The molecule has 28 heavy (non-hydrogen) atoms. The van der Waals surface area contributed by atoms with Gasteiger partial charge in [-0.1, -0.05) is 56.3 Å². The number of amides is 1. The van der Waals surface area contributed by atoms with Crippen molar-refractivity contribution in [1.82, 2.24) is 9.88 Å². The number of likely N-dealkylation sites (tertiary alicyclic amines) is 1. The molecule has 3 aromatic rings. The molecule has 0 aliphatic carbocycles. The van der Waals surface area contributed by atoms with Gasteiger partial charge in [0.15, 0.2) is 0 Å². The number of carbonyl (C=O) groups is 1. The van der Waals surface area contributed by atoms with E-state index in [4.69, 9.17) is 0 Å². The average Bonchev–Trinajstić information content (AvgIpc) is 2.71. The number of hydrogen-bond donors (Lipinski definition) is 0. The monoisotopic (exact) mass is 390 g/mol. The highest BCUT2D eigenvalue weighted by molar-refractivity contribution is 7.98. The summed E-state index contributed by atoms with van der Waals surface area (Å²) < 4.78 is 0. The maximum Gasteiger partial charge on any atom is 0.272 e. The summed E-state index contributed by atoms with van der Waals surface area (Å²) in [6.07, 6.45) is 1.19. The second-order valence-corrected chi connectivity index (χ2v) is 8.95. The first-order valence-corrected chi connectivity index (χ1v) is 10.9. The number of rotatable bonds is 4. The summed E-state index contributed by atoms with van der Waals surface area (Å²) in [6.45, 7) is 6.11. The van der Waals surface area contributed by atoms with Crippen molar-refractivity contribution in [1.29, 1.82) is 0 Å². The fourth-order valence-corrected chi connectivity index (χ4v) is 5.12. The Balaban J connectivity index is 1.49. The molecule has 2 atom stereocenters. The Morgan fingerprint density at radius 1 is 1.00 bits per heavy atom. The van der Waals surface area contributed by atoms with E-state index in [1.807, 2.05) is 23.1 Å². The van der Waals surface area contributed by atoms with Gasteiger partial charge in [-0.3, -0.25) is 4.79 Å². The average molecular weight is 391 g/mol. The highest BCUT2D eigenvalue weighted by Crippen LogP contribution is 2.30. The second-order valence-electron chi connectivity index (χ2n) is 7.94. The van der Waals surface area contributed by atoms with Crippen LogP contribution in [0.3, 0.4) is 0 Å². The molecule has 0 radical (unpaired) electrons. The molecule has 0 bridgehead atoms. The van der Waals surface area contributed by atoms with Crippen molar-refractivity contribution in [2.75, 3.05) is 13.1 Å². The van der Waals surface area contributed by atoms with Gasteiger partial charge in [0.05, 0.1) is 5.69 Å². The molecule has 2 heterocycles. The van der Waals surface area contributed by atoms with Crippen LogP contribution in [0.5, 0.6) is 0 Å². The summed E-state index contributed by atoms with van der Waals surface area (Å²) in [5.74, 6) is 1.92. The fourth-order valence-electron chi connectivity index (χ4n) is 4.14. The Morgan fingerprint density at radius 2 is 1.71 bits per heavy atom. The molecule has 1 aliphatic rings. The minimum Gasteiger partial charge on any atom is -0.337 e. The van der Waals surface area contributed by atoms with Gasteiger partial charge in [0.2, 0.25) is 0 Å². The van der Waals surface area contributed by atoms with Crippen LogP contribution in [0.1, 0.15) is 36.5 Å². The molecule has 0 N–H and O–H groups in total. The Labute approximate surface area is 171 Å². The zero-order chi connectivity index (χ0) is 19.5. The first-order chi connectivity index (χ1) is 13.6. The molecule has 1 saturated heterocycles. The highest BCUT2D eigenvalue weighted by Gasteiger charge is 2.26. The molecule has 0 spiro atoms. The normalized spacial score (nSPS) is 19.7. The maximum atomic E-state index is 12.9. The molecule has 1 aromatic heterocycles. The summed E-state index contributed by atoms with van der Waals surface area (Å²) in [5.41, 5.74) is 1.51. The van der Waals surface area contributed by atoms with E-state index < -0.39 is 0 Å². The number of pyridine rings is 1. The molecule has 2 aromatic carbocycles. The van der Waals surface area contributed by atoms with E-state index in [-0.39, 0.29) is 5.91 Å². The minimum atomic E-state index is 0.0652. The van der Waals surface area contributed by atoms with Gasteiger partial charge in [0, 0.05) is 23.7 Å². The van der Waals surface area contributed by atoms with Crippen LogP contribution in [-0.4, -0.2) is 28.9 Å². The summed E-state index contributed by atoms with van der Waals surface area (Å²) in [4.78, 5) is 20.9. The molecular weight excluding hydrogens is 364 g/mol. The van der Waals surface area contributed by atoms with Gasteiger partial charge in [-0.15, -0.1) is 11.8 Å². The third kappa shape index (κ3) is 4.22. The lowest BCUT2D eigenvalue weighted by atomic mass is 9.92. The van der Waals surface area contributed by atoms with E-state index >= 15 is 0 Å². The zero-order valence-corrected chi connectivity index (χ0v) is 17.3. The predicted molar refractivity (Wildman–Crippen MR) is 117 cm³/mol. The molecule has 4 heteroatoms. The molecule has 1 fully saturated rings. The summed E-state index contributed by atoms with van der Waals surface area (Å²) in [7, 11) is 0. The molecule has 3 nitrogen and oxygen atoms in total. The van der Waals surface area contributed by atoms with Crippen molar-refractivity contribution in [3.05, 3.63) is 72.1 Å². The summed E-state index contributed by atoms with van der Waals surface area (Å²) in [6, 6.07) is 20.6. The molecule has 2 unspecified atom stereocenters. The molecule has 144 valence electrons. The van der Waals surface area contributed by atoms with Gasteiger partial charge in [-0.2, -0.15) is 0 Å². The van der Waals surface area contributed by atoms with Crippen LogP contribution in [0, 0.1) is 11.8 Å². The van der Waals surface area contributed by atoms with Crippen molar-refractivity contribution < 1.29 is 4.79 Å². The van der Waals surface area contributed by atoms with E-state index in [0.717, 1.165) is 24.5 Å². The van der Waals surface area contributed by atoms with E-state index in [9.17, 15) is 4.79 Å². The SMILES string of the molecule is CC1CC(C)CN(C(=O)c2cccc(CSc3cccc4ccccc34)n2)C1. The Kier molecular flexibility index (Phi) is 5.67. The molecule has 1 amide bonds. The second kappa shape index (κ2) is 8.36. The van der Waals surface area contributed by atoms with Gasteiger partial charge in [-0.05, 0) is 47.2 Å². The summed E-state index contributed by atoms with van der Waals surface area (Å²) in [5, 5.41) is 2.51. The van der Waals surface area contributed by atoms with Crippen LogP contribution in [0.15, 0.2) is 65.6 Å². The topological polar surface area (TPSA) is 33.2 Å². The van der Waals surface area contributed by atoms with Crippen molar-refractivity contribution >= 4 is 28.4 Å². The molecule has 4 rings (SSSR count). The molecular formula is C24H26N2OS. The van der Waals surface area contributed by atoms with Gasteiger partial charge in [0.25, 0.3) is 5.91 Å². The smallest absolute Gasteiger partial charge is 0.272 e. The lowest BCUT2D eigenvalue weighted by Gasteiger charge is -2.34.